The molecule has 1 saturated heterocycles. The van der Waals surface area contributed by atoms with Gasteiger partial charge in [0.05, 0.1) is 0 Å². The number of nitrogen functional groups attached to an aromatic ring is 1. The lowest BCUT2D eigenvalue weighted by molar-refractivity contribution is 0.0952. The zero-order valence-corrected chi connectivity index (χ0v) is 10.6. The Morgan fingerprint density at radius 2 is 1.88 bits per heavy atom. The van der Waals surface area contributed by atoms with Crippen molar-refractivity contribution in [1.82, 2.24) is 4.90 Å². The third-order valence-corrected chi connectivity index (χ3v) is 3.72. The lowest BCUT2D eigenvalue weighted by atomic mass is 9.96. The van der Waals surface area contributed by atoms with Gasteiger partial charge in [-0.1, -0.05) is 6.42 Å². The van der Waals surface area contributed by atoms with E-state index in [0.717, 1.165) is 12.1 Å². The Labute approximate surface area is 103 Å². The number of rotatable bonds is 2. The van der Waals surface area contributed by atoms with Crippen LogP contribution in [0.3, 0.4) is 0 Å². The number of nitrogens with two attached hydrogens (primary N) is 1. The zero-order chi connectivity index (χ0) is 12.4. The van der Waals surface area contributed by atoms with Gasteiger partial charge in [-0.15, -0.1) is 0 Å². The molecule has 0 radical (unpaired) electrons. The Morgan fingerprint density at radius 1 is 1.24 bits per heavy atom. The van der Waals surface area contributed by atoms with Crippen LogP contribution in [0.4, 0.5) is 10.1 Å². The van der Waals surface area contributed by atoms with Gasteiger partial charge in [0.25, 0.3) is 0 Å². The third-order valence-electron chi connectivity index (χ3n) is 3.72. The standard InChI is InChI=1S/C14H21FN2/c1-10-4-3-5-11(2)17(10)9-12-6-13(15)8-14(16)7-12/h6-8,10-11H,3-5,9,16H2,1-2H3/t10-,11+. The van der Waals surface area contributed by atoms with Crippen molar-refractivity contribution < 1.29 is 4.39 Å². The number of hydrogen-bond acceptors (Lipinski definition) is 2. The van der Waals surface area contributed by atoms with E-state index in [2.05, 4.69) is 18.7 Å². The molecular weight excluding hydrogens is 215 g/mol. The summed E-state index contributed by atoms with van der Waals surface area (Å²) in [5.41, 5.74) is 7.16. The molecule has 2 N–H and O–H groups in total. The number of nitrogens with zero attached hydrogens (tertiary/aromatic N) is 1. The summed E-state index contributed by atoms with van der Waals surface area (Å²) in [6.07, 6.45) is 3.76. The minimum absolute atomic E-state index is 0.239. The minimum Gasteiger partial charge on any atom is -0.399 e. The number of anilines is 1. The lowest BCUT2D eigenvalue weighted by Gasteiger charge is -2.39. The van der Waals surface area contributed by atoms with Gasteiger partial charge < -0.3 is 5.73 Å². The summed E-state index contributed by atoms with van der Waals surface area (Å²) in [5, 5.41) is 0. The van der Waals surface area contributed by atoms with Crippen LogP contribution in [0, 0.1) is 5.82 Å². The average molecular weight is 236 g/mol. The first-order chi connectivity index (χ1) is 8.06. The van der Waals surface area contributed by atoms with Crippen LogP contribution >= 0.6 is 0 Å². The summed E-state index contributed by atoms with van der Waals surface area (Å²) in [5.74, 6) is -0.239. The van der Waals surface area contributed by atoms with Gasteiger partial charge in [-0.2, -0.15) is 0 Å². The summed E-state index contributed by atoms with van der Waals surface area (Å²) in [6, 6.07) is 5.97. The summed E-state index contributed by atoms with van der Waals surface area (Å²) in [4.78, 5) is 2.44. The highest BCUT2D eigenvalue weighted by Gasteiger charge is 2.24. The molecule has 0 amide bonds. The first kappa shape index (κ1) is 12.4. The monoisotopic (exact) mass is 236 g/mol. The smallest absolute Gasteiger partial charge is 0.125 e. The number of piperidine rings is 1. The first-order valence-corrected chi connectivity index (χ1v) is 6.37. The molecule has 2 rings (SSSR count). The Kier molecular flexibility index (Phi) is 3.67. The van der Waals surface area contributed by atoms with Crippen LogP contribution in [0.5, 0.6) is 0 Å². The van der Waals surface area contributed by atoms with Crippen molar-refractivity contribution >= 4 is 5.69 Å². The number of hydrogen-bond donors (Lipinski definition) is 1. The Bertz CT molecular complexity index is 362. The van der Waals surface area contributed by atoms with Crippen LogP contribution in [-0.2, 0) is 6.54 Å². The molecule has 0 saturated carbocycles. The number of benzene rings is 1. The van der Waals surface area contributed by atoms with Gasteiger partial charge in [0.15, 0.2) is 0 Å². The number of likely N-dealkylation sites (tertiary alicyclic amines) is 1. The molecule has 0 spiro atoms. The van der Waals surface area contributed by atoms with Crippen molar-refractivity contribution in [1.29, 1.82) is 0 Å². The van der Waals surface area contributed by atoms with Crippen LogP contribution in [0.1, 0.15) is 38.7 Å². The highest BCUT2D eigenvalue weighted by molar-refractivity contribution is 5.41. The van der Waals surface area contributed by atoms with Gasteiger partial charge in [0.2, 0.25) is 0 Å². The fourth-order valence-corrected chi connectivity index (χ4v) is 2.76. The van der Waals surface area contributed by atoms with Crippen LogP contribution in [0.15, 0.2) is 18.2 Å². The van der Waals surface area contributed by atoms with Crippen molar-refractivity contribution in [2.75, 3.05) is 5.73 Å². The second-order valence-corrected chi connectivity index (χ2v) is 5.19. The molecule has 0 unspecified atom stereocenters. The van der Waals surface area contributed by atoms with Crippen molar-refractivity contribution in [3.63, 3.8) is 0 Å². The predicted octanol–water partition coefficient (Wildman–Crippen LogP) is 3.17. The molecule has 2 nitrogen and oxygen atoms in total. The molecule has 2 atom stereocenters. The molecule has 17 heavy (non-hydrogen) atoms. The molecule has 94 valence electrons. The fourth-order valence-electron chi connectivity index (χ4n) is 2.76. The Morgan fingerprint density at radius 3 is 2.47 bits per heavy atom. The van der Waals surface area contributed by atoms with Crippen molar-refractivity contribution in [2.45, 2.75) is 51.7 Å². The molecule has 1 aliphatic rings. The molecular formula is C14H21FN2. The molecule has 0 aliphatic carbocycles. The van der Waals surface area contributed by atoms with Gasteiger partial charge in [-0.3, -0.25) is 4.90 Å². The van der Waals surface area contributed by atoms with E-state index >= 15 is 0 Å². The largest absolute Gasteiger partial charge is 0.399 e. The summed E-state index contributed by atoms with van der Waals surface area (Å²) >= 11 is 0. The van der Waals surface area contributed by atoms with E-state index in [4.69, 9.17) is 5.73 Å². The summed E-state index contributed by atoms with van der Waals surface area (Å²) in [6.45, 7) is 5.29. The molecule has 1 aromatic rings. The number of halogens is 1. The molecule has 1 fully saturated rings. The molecule has 0 aromatic heterocycles. The predicted molar refractivity (Wildman–Crippen MR) is 69.1 cm³/mol. The van der Waals surface area contributed by atoms with E-state index in [1.807, 2.05) is 6.07 Å². The molecule has 1 aromatic carbocycles. The topological polar surface area (TPSA) is 29.3 Å². The first-order valence-electron chi connectivity index (χ1n) is 6.37. The fraction of sp³-hybridized carbons (Fsp3) is 0.571. The average Bonchev–Trinajstić information content (AvgIpc) is 2.22. The molecule has 0 bridgehead atoms. The van der Waals surface area contributed by atoms with Crippen LogP contribution in [-0.4, -0.2) is 17.0 Å². The molecule has 3 heteroatoms. The highest BCUT2D eigenvalue weighted by atomic mass is 19.1. The van der Waals surface area contributed by atoms with Crippen LogP contribution in [0.25, 0.3) is 0 Å². The maximum Gasteiger partial charge on any atom is 0.125 e. The lowest BCUT2D eigenvalue weighted by Crippen LogP contribution is -2.42. The zero-order valence-electron chi connectivity index (χ0n) is 10.6. The second-order valence-electron chi connectivity index (χ2n) is 5.19. The van der Waals surface area contributed by atoms with Gasteiger partial charge in [-0.05, 0) is 50.5 Å². The summed E-state index contributed by atoms with van der Waals surface area (Å²) in [7, 11) is 0. The molecule has 1 heterocycles. The third kappa shape index (κ3) is 2.97. The maximum absolute atomic E-state index is 13.3. The van der Waals surface area contributed by atoms with Crippen LogP contribution < -0.4 is 5.73 Å². The minimum atomic E-state index is -0.239. The van der Waals surface area contributed by atoms with Crippen molar-refractivity contribution in [3.05, 3.63) is 29.6 Å². The Balaban J connectivity index is 2.13. The van der Waals surface area contributed by atoms with E-state index in [1.54, 1.807) is 6.07 Å². The van der Waals surface area contributed by atoms with Crippen LogP contribution in [0.2, 0.25) is 0 Å². The van der Waals surface area contributed by atoms with E-state index in [0.29, 0.717) is 17.8 Å². The Hall–Kier alpha value is -1.09. The van der Waals surface area contributed by atoms with Gasteiger partial charge >= 0.3 is 0 Å². The van der Waals surface area contributed by atoms with E-state index in [1.165, 1.54) is 25.3 Å². The van der Waals surface area contributed by atoms with Crippen molar-refractivity contribution in [2.24, 2.45) is 0 Å². The van der Waals surface area contributed by atoms with E-state index < -0.39 is 0 Å². The van der Waals surface area contributed by atoms with E-state index in [-0.39, 0.29) is 5.82 Å². The van der Waals surface area contributed by atoms with Gasteiger partial charge in [-0.25, -0.2) is 4.39 Å². The molecule has 1 aliphatic heterocycles. The normalized spacial score (nSPS) is 26.1. The van der Waals surface area contributed by atoms with Gasteiger partial charge in [0.1, 0.15) is 5.82 Å². The quantitative estimate of drug-likeness (QED) is 0.799. The summed E-state index contributed by atoms with van der Waals surface area (Å²) < 4.78 is 13.3. The maximum atomic E-state index is 13.3. The van der Waals surface area contributed by atoms with E-state index in [9.17, 15) is 4.39 Å². The second kappa shape index (κ2) is 5.05. The SMILES string of the molecule is C[C@@H]1CCC[C@H](C)N1Cc1cc(N)cc(F)c1. The van der Waals surface area contributed by atoms with Gasteiger partial charge in [0, 0.05) is 24.3 Å². The van der Waals surface area contributed by atoms with Crippen molar-refractivity contribution in [3.8, 4) is 0 Å². The highest BCUT2D eigenvalue weighted by Crippen LogP contribution is 2.25.